The van der Waals surface area contributed by atoms with E-state index in [1.807, 2.05) is 0 Å². The maximum Gasteiger partial charge on any atom is 0.408 e. The lowest BCUT2D eigenvalue weighted by molar-refractivity contribution is -0.154. The van der Waals surface area contributed by atoms with Crippen molar-refractivity contribution in [3.63, 3.8) is 0 Å². The maximum atomic E-state index is 11.4. The molecule has 0 saturated heterocycles. The molecule has 0 fully saturated rings. The van der Waals surface area contributed by atoms with E-state index >= 15 is 0 Å². The van der Waals surface area contributed by atoms with Gasteiger partial charge in [-0.15, -0.1) is 0 Å². The number of aldehydes is 1. The summed E-state index contributed by atoms with van der Waals surface area (Å²) in [4.78, 5) is 32.2. The lowest BCUT2D eigenvalue weighted by Gasteiger charge is -2.20. The van der Waals surface area contributed by atoms with Crippen molar-refractivity contribution in [3.8, 4) is 0 Å². The van der Waals surface area contributed by atoms with E-state index in [0.29, 0.717) is 52.7 Å². The molecule has 0 aromatic rings. The molecule has 0 bridgehead atoms. The molecule has 0 rings (SSSR count). The smallest absolute Gasteiger partial charge is 0.408 e. The van der Waals surface area contributed by atoms with Gasteiger partial charge in [0.1, 0.15) is 6.29 Å². The second kappa shape index (κ2) is 15.5. The van der Waals surface area contributed by atoms with Gasteiger partial charge in [0.25, 0.3) is 0 Å². The third kappa shape index (κ3) is 14.6. The van der Waals surface area contributed by atoms with Crippen LogP contribution in [0.5, 0.6) is 0 Å². The summed E-state index contributed by atoms with van der Waals surface area (Å²) >= 11 is 0. The van der Waals surface area contributed by atoms with Crippen molar-refractivity contribution >= 4 is 18.3 Å². The topological polar surface area (TPSA) is 130 Å². The second-order valence-corrected chi connectivity index (χ2v) is 5.54. The first kappa shape index (κ1) is 24.2. The number of hydrogen-bond donors (Lipinski definition) is 2. The van der Waals surface area contributed by atoms with E-state index in [9.17, 15) is 14.4 Å². The number of hydrogen-bond acceptors (Lipinski definition) is 8. The second-order valence-electron chi connectivity index (χ2n) is 5.54. The fourth-order valence-corrected chi connectivity index (χ4v) is 1.43. The molecule has 0 aliphatic carbocycles. The average molecular weight is 379 g/mol. The number of nitrogens with one attached hydrogen (secondary N) is 1. The Kier molecular flexibility index (Phi) is 14.5. The molecule has 10 heteroatoms. The van der Waals surface area contributed by atoms with Crippen LogP contribution in [-0.4, -0.2) is 88.5 Å². The summed E-state index contributed by atoms with van der Waals surface area (Å²) in [5, 5.41) is 11.2. The third-order valence-corrected chi connectivity index (χ3v) is 2.87. The zero-order valence-electron chi connectivity index (χ0n) is 15.4. The molecule has 0 saturated carbocycles. The monoisotopic (exact) mass is 379 g/mol. The Morgan fingerprint density at radius 2 is 1.35 bits per heavy atom. The van der Waals surface area contributed by atoms with Crippen LogP contribution in [0.15, 0.2) is 0 Å². The minimum Gasteiger partial charge on any atom is -0.478 e. The summed E-state index contributed by atoms with van der Waals surface area (Å²) in [5.74, 6) is -1.23. The first-order chi connectivity index (χ1) is 12.4. The Hall–Kier alpha value is -1.75. The molecule has 0 aromatic carbocycles. The summed E-state index contributed by atoms with van der Waals surface area (Å²) in [6, 6.07) is 0. The molecule has 0 unspecified atom stereocenters. The van der Waals surface area contributed by atoms with Crippen molar-refractivity contribution in [2.75, 3.05) is 59.4 Å². The van der Waals surface area contributed by atoms with Crippen molar-refractivity contribution in [2.24, 2.45) is 0 Å². The first-order valence-electron chi connectivity index (χ1n) is 8.35. The van der Waals surface area contributed by atoms with E-state index in [1.54, 1.807) is 0 Å². The van der Waals surface area contributed by atoms with Crippen molar-refractivity contribution in [3.05, 3.63) is 0 Å². The summed E-state index contributed by atoms with van der Waals surface area (Å²) in [6.45, 7) is 5.90. The largest absolute Gasteiger partial charge is 0.478 e. The van der Waals surface area contributed by atoms with Crippen molar-refractivity contribution in [2.45, 2.75) is 25.9 Å². The number of aliphatic carboxylic acids is 1. The van der Waals surface area contributed by atoms with Crippen LogP contribution in [0.3, 0.4) is 0 Å². The Morgan fingerprint density at radius 1 is 0.885 bits per heavy atom. The Morgan fingerprint density at radius 3 is 1.81 bits per heavy atom. The maximum absolute atomic E-state index is 11.4. The summed E-state index contributed by atoms with van der Waals surface area (Å²) in [6.07, 6.45) is 0.378. The van der Waals surface area contributed by atoms with E-state index in [2.05, 4.69) is 5.32 Å². The molecule has 26 heavy (non-hydrogen) atoms. The normalized spacial score (nSPS) is 11.2. The van der Waals surface area contributed by atoms with Crippen molar-refractivity contribution in [1.29, 1.82) is 0 Å². The highest BCUT2D eigenvalue weighted by Gasteiger charge is 2.31. The van der Waals surface area contributed by atoms with Gasteiger partial charge < -0.3 is 38.9 Å². The van der Waals surface area contributed by atoms with Gasteiger partial charge in [-0.3, -0.25) is 0 Å². The minimum atomic E-state index is -1.58. The fraction of sp³-hybridized carbons (Fsp3) is 0.812. The molecule has 0 heterocycles. The molecule has 0 radical (unpaired) electrons. The summed E-state index contributed by atoms with van der Waals surface area (Å²) in [5.41, 5.74) is -1.58. The lowest BCUT2D eigenvalue weighted by atomic mass is 10.1. The van der Waals surface area contributed by atoms with Gasteiger partial charge in [0.05, 0.1) is 52.9 Å². The predicted molar refractivity (Wildman–Crippen MR) is 90.2 cm³/mol. The Balaban J connectivity index is 3.30. The molecule has 1 amide bonds. The number of carbonyl (C=O) groups is 3. The van der Waals surface area contributed by atoms with Gasteiger partial charge in [0, 0.05) is 13.0 Å². The van der Waals surface area contributed by atoms with Crippen LogP contribution in [0, 0.1) is 0 Å². The van der Waals surface area contributed by atoms with Crippen LogP contribution in [0.25, 0.3) is 0 Å². The standard InChI is InChI=1S/C16H29NO9/c1-16(2,14(19)20)26-15(21)17-4-7-23-9-11-25-13-12-24-10-8-22-6-3-5-18/h5H,3-4,6-13H2,1-2H3,(H,17,21)(H,19,20). The molecule has 2 N–H and O–H groups in total. The Bertz CT molecular complexity index is 401. The summed E-state index contributed by atoms with van der Waals surface area (Å²) < 4.78 is 25.7. The van der Waals surface area contributed by atoms with Gasteiger partial charge in [-0.2, -0.15) is 0 Å². The van der Waals surface area contributed by atoms with Crippen LogP contribution in [-0.2, 0) is 33.3 Å². The highest BCUT2D eigenvalue weighted by molar-refractivity contribution is 5.80. The number of carboxylic acid groups (broad SMARTS) is 1. The van der Waals surface area contributed by atoms with Crippen molar-refractivity contribution in [1.82, 2.24) is 5.32 Å². The van der Waals surface area contributed by atoms with Gasteiger partial charge in [-0.1, -0.05) is 0 Å². The van der Waals surface area contributed by atoms with Gasteiger partial charge in [-0.05, 0) is 13.8 Å². The zero-order valence-corrected chi connectivity index (χ0v) is 15.4. The molecule has 0 spiro atoms. The number of carboxylic acids is 1. The molecule has 0 aromatic heterocycles. The number of rotatable bonds is 17. The van der Waals surface area contributed by atoms with Crippen LogP contribution in [0.1, 0.15) is 20.3 Å². The van der Waals surface area contributed by atoms with Gasteiger partial charge in [0.15, 0.2) is 0 Å². The van der Waals surface area contributed by atoms with E-state index in [4.69, 9.17) is 28.8 Å². The van der Waals surface area contributed by atoms with Crippen LogP contribution >= 0.6 is 0 Å². The van der Waals surface area contributed by atoms with E-state index in [-0.39, 0.29) is 13.2 Å². The van der Waals surface area contributed by atoms with Gasteiger partial charge in [-0.25, -0.2) is 9.59 Å². The van der Waals surface area contributed by atoms with Crippen LogP contribution in [0.2, 0.25) is 0 Å². The number of amides is 1. The average Bonchev–Trinajstić information content (AvgIpc) is 2.57. The van der Waals surface area contributed by atoms with Crippen LogP contribution < -0.4 is 5.32 Å². The minimum absolute atomic E-state index is 0.196. The van der Waals surface area contributed by atoms with E-state index < -0.39 is 17.7 Å². The highest BCUT2D eigenvalue weighted by Crippen LogP contribution is 2.08. The predicted octanol–water partition coefficient (Wildman–Crippen LogP) is 0.231. The van der Waals surface area contributed by atoms with Gasteiger partial charge in [0.2, 0.25) is 5.60 Å². The van der Waals surface area contributed by atoms with Crippen LogP contribution in [0.4, 0.5) is 4.79 Å². The lowest BCUT2D eigenvalue weighted by Crippen LogP contribution is -2.41. The Labute approximate surface area is 153 Å². The third-order valence-electron chi connectivity index (χ3n) is 2.87. The number of alkyl carbamates (subject to hydrolysis) is 1. The zero-order chi connectivity index (χ0) is 19.7. The molecule has 152 valence electrons. The summed E-state index contributed by atoms with van der Waals surface area (Å²) in [7, 11) is 0. The van der Waals surface area contributed by atoms with E-state index in [1.165, 1.54) is 13.8 Å². The molecule has 0 aliphatic rings. The number of ether oxygens (including phenoxy) is 5. The molecular weight excluding hydrogens is 350 g/mol. The van der Waals surface area contributed by atoms with Crippen molar-refractivity contribution < 1.29 is 43.2 Å². The molecular formula is C16H29NO9. The number of carbonyl (C=O) groups excluding carboxylic acids is 2. The fourth-order valence-electron chi connectivity index (χ4n) is 1.43. The van der Waals surface area contributed by atoms with Gasteiger partial charge >= 0.3 is 12.1 Å². The molecule has 0 aliphatic heterocycles. The molecule has 0 atom stereocenters. The highest BCUT2D eigenvalue weighted by atomic mass is 16.6. The van der Waals surface area contributed by atoms with E-state index in [0.717, 1.165) is 6.29 Å². The molecule has 10 nitrogen and oxygen atoms in total. The first-order valence-corrected chi connectivity index (χ1v) is 8.35. The SMILES string of the molecule is CC(C)(OC(=O)NCCOCCOCCOCCOCCC=O)C(=O)O. The quantitative estimate of drug-likeness (QED) is 0.269.